The van der Waals surface area contributed by atoms with E-state index in [2.05, 4.69) is 4.90 Å². The molecule has 0 aliphatic carbocycles. The van der Waals surface area contributed by atoms with Crippen molar-refractivity contribution in [3.05, 3.63) is 0 Å². The molecule has 2 saturated heterocycles. The minimum atomic E-state index is -3.27. The van der Waals surface area contributed by atoms with Crippen molar-refractivity contribution in [2.45, 2.75) is 38.1 Å². The minimum absolute atomic E-state index is 0.0496. The molecule has 2 fully saturated rings. The standard InChI is InChI=1S/C12H22N2O4S/c15-12(16)4-3-9-19(17,18)14-8-5-11(10-14)13-6-1-2-7-13/h11H,1-10H2,(H,15,16). The third kappa shape index (κ3) is 3.90. The van der Waals surface area contributed by atoms with Gasteiger partial charge in [0.05, 0.1) is 5.75 Å². The summed E-state index contributed by atoms with van der Waals surface area (Å²) in [6.07, 6.45) is 3.44. The molecule has 2 rings (SSSR count). The van der Waals surface area contributed by atoms with Crippen LogP contribution in [0.3, 0.4) is 0 Å². The van der Waals surface area contributed by atoms with E-state index in [0.717, 1.165) is 19.5 Å². The van der Waals surface area contributed by atoms with Gasteiger partial charge in [-0.05, 0) is 38.8 Å². The van der Waals surface area contributed by atoms with Gasteiger partial charge in [-0.1, -0.05) is 0 Å². The highest BCUT2D eigenvalue weighted by molar-refractivity contribution is 7.89. The second-order valence-electron chi connectivity index (χ2n) is 5.36. The lowest BCUT2D eigenvalue weighted by molar-refractivity contribution is -0.137. The van der Waals surface area contributed by atoms with Gasteiger partial charge in [0.1, 0.15) is 0 Å². The summed E-state index contributed by atoms with van der Waals surface area (Å²) in [5.74, 6) is -0.988. The molecular formula is C12H22N2O4S. The SMILES string of the molecule is O=C(O)CCCS(=O)(=O)N1CCC(N2CCCC2)C1. The number of sulfonamides is 1. The van der Waals surface area contributed by atoms with E-state index in [1.165, 1.54) is 17.1 Å². The van der Waals surface area contributed by atoms with Crippen LogP contribution in [0.1, 0.15) is 32.1 Å². The highest BCUT2D eigenvalue weighted by atomic mass is 32.2. The molecule has 2 heterocycles. The fourth-order valence-corrected chi connectivity index (χ4v) is 4.45. The summed E-state index contributed by atoms with van der Waals surface area (Å²) in [5, 5.41) is 8.55. The first-order valence-corrected chi connectivity index (χ1v) is 8.53. The topological polar surface area (TPSA) is 77.9 Å². The molecule has 1 atom stereocenters. The number of likely N-dealkylation sites (tertiary alicyclic amines) is 1. The second-order valence-corrected chi connectivity index (χ2v) is 7.45. The van der Waals surface area contributed by atoms with E-state index < -0.39 is 16.0 Å². The first-order chi connectivity index (χ1) is 8.99. The van der Waals surface area contributed by atoms with Crippen molar-refractivity contribution in [2.24, 2.45) is 0 Å². The number of aliphatic carboxylic acids is 1. The van der Waals surface area contributed by atoms with Crippen molar-refractivity contribution in [3.63, 3.8) is 0 Å². The Morgan fingerprint density at radius 2 is 1.89 bits per heavy atom. The molecule has 1 N–H and O–H groups in total. The maximum atomic E-state index is 12.1. The van der Waals surface area contributed by atoms with E-state index >= 15 is 0 Å². The summed E-state index contributed by atoms with van der Waals surface area (Å²) in [5.41, 5.74) is 0. The first-order valence-electron chi connectivity index (χ1n) is 6.93. The predicted octanol–water partition coefficient (Wildman–Crippen LogP) is 0.351. The average Bonchev–Trinajstić information content (AvgIpc) is 2.99. The van der Waals surface area contributed by atoms with Crippen LogP contribution in [-0.2, 0) is 14.8 Å². The Morgan fingerprint density at radius 3 is 2.53 bits per heavy atom. The van der Waals surface area contributed by atoms with E-state index in [1.807, 2.05) is 0 Å². The molecule has 0 amide bonds. The summed E-state index contributed by atoms with van der Waals surface area (Å²) >= 11 is 0. The third-order valence-corrected chi connectivity index (χ3v) is 5.89. The lowest BCUT2D eigenvalue weighted by Gasteiger charge is -2.23. The zero-order valence-electron chi connectivity index (χ0n) is 11.1. The van der Waals surface area contributed by atoms with Crippen LogP contribution < -0.4 is 0 Å². The normalized spacial score (nSPS) is 26.0. The number of hydrogen-bond acceptors (Lipinski definition) is 4. The van der Waals surface area contributed by atoms with Gasteiger partial charge in [-0.2, -0.15) is 0 Å². The molecule has 0 aromatic carbocycles. The van der Waals surface area contributed by atoms with Gasteiger partial charge < -0.3 is 5.11 Å². The number of hydrogen-bond donors (Lipinski definition) is 1. The van der Waals surface area contributed by atoms with Gasteiger partial charge in [-0.15, -0.1) is 0 Å². The zero-order valence-corrected chi connectivity index (χ0v) is 11.9. The quantitative estimate of drug-likeness (QED) is 0.764. The van der Waals surface area contributed by atoms with Gasteiger partial charge in [0.2, 0.25) is 10.0 Å². The maximum Gasteiger partial charge on any atom is 0.303 e. The number of carboxylic acids is 1. The fraction of sp³-hybridized carbons (Fsp3) is 0.917. The molecule has 0 saturated carbocycles. The number of carboxylic acid groups (broad SMARTS) is 1. The van der Waals surface area contributed by atoms with Crippen molar-refractivity contribution >= 4 is 16.0 Å². The van der Waals surface area contributed by atoms with Crippen molar-refractivity contribution in [3.8, 4) is 0 Å². The summed E-state index contributed by atoms with van der Waals surface area (Å²) in [4.78, 5) is 12.8. The van der Waals surface area contributed by atoms with Crippen LogP contribution in [0, 0.1) is 0 Å². The van der Waals surface area contributed by atoms with Crippen molar-refractivity contribution in [1.29, 1.82) is 0 Å². The van der Waals surface area contributed by atoms with E-state index in [1.54, 1.807) is 0 Å². The van der Waals surface area contributed by atoms with Gasteiger partial charge in [-0.25, -0.2) is 12.7 Å². The Balaban J connectivity index is 1.83. The smallest absolute Gasteiger partial charge is 0.303 e. The highest BCUT2D eigenvalue weighted by Gasteiger charge is 2.34. The molecule has 7 heteroatoms. The Labute approximate surface area is 114 Å². The lowest BCUT2D eigenvalue weighted by atomic mass is 10.2. The largest absolute Gasteiger partial charge is 0.481 e. The first kappa shape index (κ1) is 14.7. The third-order valence-electron chi connectivity index (χ3n) is 3.97. The second kappa shape index (κ2) is 6.19. The van der Waals surface area contributed by atoms with Crippen molar-refractivity contribution < 1.29 is 18.3 Å². The van der Waals surface area contributed by atoms with Gasteiger partial charge in [-0.3, -0.25) is 9.69 Å². The summed E-state index contributed by atoms with van der Waals surface area (Å²) in [6.45, 7) is 3.32. The van der Waals surface area contributed by atoms with Gasteiger partial charge in [0.15, 0.2) is 0 Å². The maximum absolute atomic E-state index is 12.1. The van der Waals surface area contributed by atoms with Crippen molar-refractivity contribution in [2.75, 3.05) is 31.9 Å². The molecule has 0 radical (unpaired) electrons. The van der Waals surface area contributed by atoms with E-state index in [-0.39, 0.29) is 18.6 Å². The Kier molecular flexibility index (Phi) is 4.81. The van der Waals surface area contributed by atoms with Crippen molar-refractivity contribution in [1.82, 2.24) is 9.21 Å². The zero-order chi connectivity index (χ0) is 13.9. The van der Waals surface area contributed by atoms with Crippen LogP contribution in [0.5, 0.6) is 0 Å². The van der Waals surface area contributed by atoms with Crippen LogP contribution in [0.15, 0.2) is 0 Å². The Hall–Kier alpha value is -0.660. The lowest BCUT2D eigenvalue weighted by Crippen LogP contribution is -2.37. The van der Waals surface area contributed by atoms with E-state index in [4.69, 9.17) is 5.11 Å². The molecule has 1 unspecified atom stereocenters. The summed E-state index contributed by atoms with van der Waals surface area (Å²) in [7, 11) is -3.27. The number of carbonyl (C=O) groups is 1. The van der Waals surface area contributed by atoms with Crippen LogP contribution >= 0.6 is 0 Å². The van der Waals surface area contributed by atoms with E-state index in [9.17, 15) is 13.2 Å². The molecule has 0 aromatic rings. The molecule has 0 aromatic heterocycles. The minimum Gasteiger partial charge on any atom is -0.481 e. The average molecular weight is 290 g/mol. The Morgan fingerprint density at radius 1 is 1.21 bits per heavy atom. The molecule has 6 nitrogen and oxygen atoms in total. The molecule has 2 aliphatic heterocycles. The van der Waals surface area contributed by atoms with E-state index in [0.29, 0.717) is 19.1 Å². The molecular weight excluding hydrogens is 268 g/mol. The number of rotatable bonds is 6. The van der Waals surface area contributed by atoms with Crippen LogP contribution in [-0.4, -0.2) is 66.7 Å². The predicted molar refractivity (Wildman–Crippen MR) is 71.4 cm³/mol. The molecule has 2 aliphatic rings. The molecule has 110 valence electrons. The fourth-order valence-electron chi connectivity index (χ4n) is 2.90. The summed E-state index contributed by atoms with van der Waals surface area (Å²) in [6, 6.07) is 0.358. The van der Waals surface area contributed by atoms with Crippen LogP contribution in [0.4, 0.5) is 0 Å². The van der Waals surface area contributed by atoms with Gasteiger partial charge in [0, 0.05) is 25.6 Å². The highest BCUT2D eigenvalue weighted by Crippen LogP contribution is 2.22. The monoisotopic (exact) mass is 290 g/mol. The number of nitrogens with zero attached hydrogens (tertiary/aromatic N) is 2. The van der Waals surface area contributed by atoms with Gasteiger partial charge in [0.25, 0.3) is 0 Å². The van der Waals surface area contributed by atoms with Crippen LogP contribution in [0.25, 0.3) is 0 Å². The molecule has 0 spiro atoms. The van der Waals surface area contributed by atoms with Gasteiger partial charge >= 0.3 is 5.97 Å². The Bertz CT molecular complexity index is 417. The molecule has 19 heavy (non-hydrogen) atoms. The van der Waals surface area contributed by atoms with Crippen LogP contribution in [0.2, 0.25) is 0 Å². The summed E-state index contributed by atoms with van der Waals surface area (Å²) < 4.78 is 25.7. The molecule has 0 bridgehead atoms.